The van der Waals surface area contributed by atoms with Crippen molar-refractivity contribution in [2.45, 2.75) is 27.7 Å². The van der Waals surface area contributed by atoms with Crippen molar-refractivity contribution in [2.24, 2.45) is 5.92 Å². The number of carbonyl (C=O) groups is 1. The summed E-state index contributed by atoms with van der Waals surface area (Å²) in [6.07, 6.45) is 0. The summed E-state index contributed by atoms with van der Waals surface area (Å²) in [4.78, 5) is 17.2. The zero-order chi connectivity index (χ0) is 24.2. The van der Waals surface area contributed by atoms with Crippen LogP contribution in [0.25, 0.3) is 22.6 Å². The molecular formula is C27H27N3O3S. The number of nitrogens with zero attached hydrogens (tertiary/aromatic N) is 1. The van der Waals surface area contributed by atoms with Crippen molar-refractivity contribution in [1.82, 2.24) is 10.3 Å². The predicted octanol–water partition coefficient (Wildman–Crippen LogP) is 6.27. The lowest BCUT2D eigenvalue weighted by atomic mass is 10.1. The van der Waals surface area contributed by atoms with Crippen molar-refractivity contribution in [3.63, 3.8) is 0 Å². The molecule has 2 N–H and O–H groups in total. The number of oxazole rings is 1. The Balaban J connectivity index is 1.41. The SMILES string of the molecule is Cc1ccc(-c2nc3cc(NC(=S)NC(=O)c4ccc(OCC(C)C)cc4)ccc3o2)c(C)c1. The fraction of sp³-hybridized carbons (Fsp3) is 0.222. The monoisotopic (exact) mass is 473 g/mol. The molecular weight excluding hydrogens is 446 g/mol. The molecule has 0 aliphatic rings. The number of ether oxygens (including phenoxy) is 1. The lowest BCUT2D eigenvalue weighted by molar-refractivity contribution is 0.0977. The minimum atomic E-state index is -0.299. The summed E-state index contributed by atoms with van der Waals surface area (Å²) >= 11 is 5.33. The Hall–Kier alpha value is -3.71. The van der Waals surface area contributed by atoms with E-state index in [0.29, 0.717) is 40.8 Å². The number of aryl methyl sites for hydroxylation is 2. The maximum atomic E-state index is 12.5. The fourth-order valence-corrected chi connectivity index (χ4v) is 3.69. The largest absolute Gasteiger partial charge is 0.493 e. The molecule has 0 saturated carbocycles. The van der Waals surface area contributed by atoms with E-state index in [1.807, 2.05) is 37.3 Å². The Bertz CT molecular complexity index is 1340. The van der Waals surface area contributed by atoms with E-state index in [4.69, 9.17) is 21.4 Å². The van der Waals surface area contributed by atoms with E-state index in [9.17, 15) is 4.79 Å². The molecule has 4 rings (SSSR count). The Kier molecular flexibility index (Phi) is 6.93. The molecule has 0 spiro atoms. The van der Waals surface area contributed by atoms with Gasteiger partial charge in [-0.1, -0.05) is 31.5 Å². The number of carbonyl (C=O) groups excluding carboxylic acids is 1. The molecule has 1 aromatic heterocycles. The molecule has 0 fully saturated rings. The normalized spacial score (nSPS) is 11.0. The van der Waals surface area contributed by atoms with Gasteiger partial charge in [0.1, 0.15) is 11.3 Å². The summed E-state index contributed by atoms with van der Waals surface area (Å²) in [6, 6.07) is 18.6. The standard InChI is InChI=1S/C27H27N3O3S/c1-16(2)15-32-21-9-6-19(7-10-21)25(31)30-27(34)28-20-8-12-24-23(14-20)29-26(33-24)22-11-5-17(3)13-18(22)4/h5-14,16H,15H2,1-4H3,(H2,28,30,31,34). The molecule has 34 heavy (non-hydrogen) atoms. The van der Waals surface area contributed by atoms with Crippen molar-refractivity contribution >= 4 is 40.0 Å². The van der Waals surface area contributed by atoms with Crippen LogP contribution in [0.3, 0.4) is 0 Å². The topological polar surface area (TPSA) is 76.4 Å². The minimum Gasteiger partial charge on any atom is -0.493 e. The first kappa shape index (κ1) is 23.4. The fourth-order valence-electron chi connectivity index (χ4n) is 3.48. The lowest BCUT2D eigenvalue weighted by Gasteiger charge is -2.11. The first-order valence-corrected chi connectivity index (χ1v) is 11.5. The molecule has 0 unspecified atom stereocenters. The number of amides is 1. The van der Waals surface area contributed by atoms with Crippen LogP contribution < -0.4 is 15.4 Å². The quantitative estimate of drug-likeness (QED) is 0.321. The van der Waals surface area contributed by atoms with Gasteiger partial charge in [-0.15, -0.1) is 0 Å². The van der Waals surface area contributed by atoms with Gasteiger partial charge in [-0.05, 0) is 86.1 Å². The highest BCUT2D eigenvalue weighted by molar-refractivity contribution is 7.80. The summed E-state index contributed by atoms with van der Waals surface area (Å²) in [5, 5.41) is 5.94. The van der Waals surface area contributed by atoms with Gasteiger partial charge in [0.2, 0.25) is 5.89 Å². The second kappa shape index (κ2) is 10.1. The van der Waals surface area contributed by atoms with Crippen LogP contribution in [0.4, 0.5) is 5.69 Å². The van der Waals surface area contributed by atoms with E-state index < -0.39 is 0 Å². The number of hydrogen-bond acceptors (Lipinski definition) is 5. The van der Waals surface area contributed by atoms with Gasteiger partial charge in [-0.2, -0.15) is 0 Å². The zero-order valence-electron chi connectivity index (χ0n) is 19.6. The van der Waals surface area contributed by atoms with Gasteiger partial charge < -0.3 is 14.5 Å². The summed E-state index contributed by atoms with van der Waals surface area (Å²) in [5.74, 6) is 1.43. The number of aromatic nitrogens is 1. The van der Waals surface area contributed by atoms with Gasteiger partial charge in [0, 0.05) is 16.8 Å². The van der Waals surface area contributed by atoms with Gasteiger partial charge in [0.15, 0.2) is 10.7 Å². The molecule has 0 bridgehead atoms. The minimum absolute atomic E-state index is 0.197. The maximum Gasteiger partial charge on any atom is 0.257 e. The van der Waals surface area contributed by atoms with Crippen LogP contribution in [0.1, 0.15) is 35.3 Å². The highest BCUT2D eigenvalue weighted by Crippen LogP contribution is 2.28. The molecule has 1 heterocycles. The average molecular weight is 474 g/mol. The lowest BCUT2D eigenvalue weighted by Crippen LogP contribution is -2.34. The van der Waals surface area contributed by atoms with Gasteiger partial charge in [0.05, 0.1) is 6.61 Å². The van der Waals surface area contributed by atoms with E-state index in [0.717, 1.165) is 16.9 Å². The summed E-state index contributed by atoms with van der Waals surface area (Å²) in [6.45, 7) is 8.89. The van der Waals surface area contributed by atoms with Crippen LogP contribution in [0.5, 0.6) is 5.75 Å². The predicted molar refractivity (Wildman–Crippen MR) is 139 cm³/mol. The van der Waals surface area contributed by atoms with Gasteiger partial charge in [0.25, 0.3) is 5.91 Å². The van der Waals surface area contributed by atoms with Crippen LogP contribution in [-0.4, -0.2) is 22.6 Å². The highest BCUT2D eigenvalue weighted by Gasteiger charge is 2.13. The van der Waals surface area contributed by atoms with Gasteiger partial charge in [-0.3, -0.25) is 10.1 Å². The van der Waals surface area contributed by atoms with E-state index in [1.165, 1.54) is 5.56 Å². The van der Waals surface area contributed by atoms with Crippen molar-refractivity contribution in [3.05, 3.63) is 77.4 Å². The summed E-state index contributed by atoms with van der Waals surface area (Å²) in [5.41, 5.74) is 5.83. The molecule has 0 aliphatic heterocycles. The van der Waals surface area contributed by atoms with Crippen LogP contribution in [0.2, 0.25) is 0 Å². The molecule has 0 aliphatic carbocycles. The number of hydrogen-bond donors (Lipinski definition) is 2. The van der Waals surface area contributed by atoms with Crippen molar-refractivity contribution in [2.75, 3.05) is 11.9 Å². The van der Waals surface area contributed by atoms with Crippen molar-refractivity contribution in [1.29, 1.82) is 0 Å². The molecule has 0 radical (unpaired) electrons. The van der Waals surface area contributed by atoms with Crippen molar-refractivity contribution in [3.8, 4) is 17.2 Å². The third-order valence-electron chi connectivity index (χ3n) is 5.18. The molecule has 1 amide bonds. The molecule has 174 valence electrons. The number of fused-ring (bicyclic) bond motifs is 1. The second-order valence-corrected chi connectivity index (χ2v) is 9.07. The molecule has 3 aromatic carbocycles. The van der Waals surface area contributed by atoms with Crippen LogP contribution in [0.15, 0.2) is 65.1 Å². The van der Waals surface area contributed by atoms with Gasteiger partial charge in [-0.25, -0.2) is 4.98 Å². The van der Waals surface area contributed by atoms with E-state index in [2.05, 4.69) is 42.5 Å². The van der Waals surface area contributed by atoms with Crippen LogP contribution >= 0.6 is 12.2 Å². The van der Waals surface area contributed by atoms with Crippen LogP contribution in [0, 0.1) is 19.8 Å². The number of benzene rings is 3. The number of nitrogens with one attached hydrogen (secondary N) is 2. The third kappa shape index (κ3) is 5.61. The third-order valence-corrected chi connectivity index (χ3v) is 5.39. The first-order chi connectivity index (χ1) is 16.3. The first-order valence-electron chi connectivity index (χ1n) is 11.1. The maximum absolute atomic E-state index is 12.5. The molecule has 0 saturated heterocycles. The Morgan fingerprint density at radius 1 is 1.06 bits per heavy atom. The van der Waals surface area contributed by atoms with Gasteiger partial charge >= 0.3 is 0 Å². The van der Waals surface area contributed by atoms with Crippen molar-refractivity contribution < 1.29 is 13.9 Å². The Labute approximate surface area is 204 Å². The number of anilines is 1. The number of rotatable bonds is 6. The average Bonchev–Trinajstić information content (AvgIpc) is 3.20. The summed E-state index contributed by atoms with van der Waals surface area (Å²) < 4.78 is 11.6. The number of thiocarbonyl (C=S) groups is 1. The molecule has 6 nitrogen and oxygen atoms in total. The van der Waals surface area contributed by atoms with E-state index in [-0.39, 0.29) is 11.0 Å². The molecule has 0 atom stereocenters. The van der Waals surface area contributed by atoms with E-state index in [1.54, 1.807) is 24.3 Å². The Morgan fingerprint density at radius 2 is 1.82 bits per heavy atom. The Morgan fingerprint density at radius 3 is 2.53 bits per heavy atom. The van der Waals surface area contributed by atoms with E-state index >= 15 is 0 Å². The zero-order valence-corrected chi connectivity index (χ0v) is 20.5. The second-order valence-electron chi connectivity index (χ2n) is 8.66. The smallest absolute Gasteiger partial charge is 0.257 e. The van der Waals surface area contributed by atoms with Crippen LogP contribution in [-0.2, 0) is 0 Å². The highest BCUT2D eigenvalue weighted by atomic mass is 32.1. The molecule has 7 heteroatoms. The summed E-state index contributed by atoms with van der Waals surface area (Å²) in [7, 11) is 0. The molecule has 4 aromatic rings.